The molecule has 0 aliphatic heterocycles. The summed E-state index contributed by atoms with van der Waals surface area (Å²) < 4.78 is 9.42. The van der Waals surface area contributed by atoms with Crippen LogP contribution in [0.25, 0.3) is 6.08 Å². The van der Waals surface area contributed by atoms with Crippen LogP contribution in [0, 0.1) is 11.3 Å². The zero-order valence-corrected chi connectivity index (χ0v) is 16.7. The summed E-state index contributed by atoms with van der Waals surface area (Å²) in [5.74, 6) is -0.757. The van der Waals surface area contributed by atoms with E-state index in [0.717, 1.165) is 18.4 Å². The lowest BCUT2D eigenvalue weighted by Crippen LogP contribution is -2.07. The second-order valence-electron chi connectivity index (χ2n) is 5.62. The molecule has 0 aromatic heterocycles. The third kappa shape index (κ3) is 12.0. The van der Waals surface area contributed by atoms with Gasteiger partial charge in [-0.25, -0.2) is 9.59 Å². The van der Waals surface area contributed by atoms with Gasteiger partial charge in [-0.05, 0) is 31.1 Å². The van der Waals surface area contributed by atoms with Crippen molar-refractivity contribution in [3.8, 4) is 6.07 Å². The summed E-state index contributed by atoms with van der Waals surface area (Å²) in [6.07, 6.45) is 9.84. The van der Waals surface area contributed by atoms with Crippen molar-refractivity contribution in [2.24, 2.45) is 0 Å². The molecule has 5 nitrogen and oxygen atoms in total. The standard InChI is InChI=1S/C18H19NO2.C5H8O2/c1-2-3-15-21-18(20)17(13-8-14-19)12-7-11-16-9-5-4-6-10-16;1-4(2)5(6)7-3/h4-13H,2-3,15H2,1H3;1H2,2-3H3. The quantitative estimate of drug-likeness (QED) is 0.213. The molecule has 0 aliphatic rings. The van der Waals surface area contributed by atoms with Crippen LogP contribution in [0.1, 0.15) is 32.3 Å². The van der Waals surface area contributed by atoms with Gasteiger partial charge in [0.1, 0.15) is 0 Å². The lowest BCUT2D eigenvalue weighted by Gasteiger charge is -2.03. The highest BCUT2D eigenvalue weighted by Gasteiger charge is 2.06. The Morgan fingerprint density at radius 1 is 1.21 bits per heavy atom. The number of esters is 2. The second-order valence-corrected chi connectivity index (χ2v) is 5.62. The molecule has 1 rings (SSSR count). The van der Waals surface area contributed by atoms with Gasteiger partial charge in [0.25, 0.3) is 0 Å². The van der Waals surface area contributed by atoms with Crippen LogP contribution in [0.4, 0.5) is 0 Å². The van der Waals surface area contributed by atoms with Gasteiger partial charge < -0.3 is 9.47 Å². The fraction of sp³-hybridized carbons (Fsp3) is 0.261. The molecule has 0 fully saturated rings. The summed E-state index contributed by atoms with van der Waals surface area (Å²) in [6.45, 7) is 7.38. The predicted octanol–water partition coefficient (Wildman–Crippen LogP) is 4.78. The molecule has 1 aromatic carbocycles. The molecule has 0 saturated heterocycles. The molecule has 0 aliphatic carbocycles. The van der Waals surface area contributed by atoms with Gasteiger partial charge in [-0.15, -0.1) is 0 Å². The van der Waals surface area contributed by atoms with E-state index in [2.05, 4.69) is 11.3 Å². The van der Waals surface area contributed by atoms with Crippen LogP contribution in [-0.4, -0.2) is 25.7 Å². The van der Waals surface area contributed by atoms with E-state index in [1.807, 2.05) is 49.4 Å². The molecule has 0 N–H and O–H groups in total. The van der Waals surface area contributed by atoms with E-state index in [9.17, 15) is 9.59 Å². The minimum atomic E-state index is -0.410. The van der Waals surface area contributed by atoms with E-state index in [-0.39, 0.29) is 5.97 Å². The van der Waals surface area contributed by atoms with Gasteiger partial charge >= 0.3 is 11.9 Å². The third-order valence-corrected chi connectivity index (χ3v) is 3.20. The van der Waals surface area contributed by atoms with Crippen LogP contribution in [0.5, 0.6) is 0 Å². The van der Waals surface area contributed by atoms with E-state index in [1.165, 1.54) is 19.3 Å². The average molecular weight is 381 g/mol. The number of rotatable bonds is 8. The van der Waals surface area contributed by atoms with Crippen molar-refractivity contribution in [1.82, 2.24) is 0 Å². The number of ether oxygens (including phenoxy) is 2. The van der Waals surface area contributed by atoms with E-state index < -0.39 is 5.97 Å². The maximum Gasteiger partial charge on any atom is 0.338 e. The van der Waals surface area contributed by atoms with E-state index in [0.29, 0.717) is 17.8 Å². The topological polar surface area (TPSA) is 76.4 Å². The summed E-state index contributed by atoms with van der Waals surface area (Å²) >= 11 is 0. The Hall–Kier alpha value is -3.39. The van der Waals surface area contributed by atoms with Gasteiger partial charge in [-0.3, -0.25) is 0 Å². The van der Waals surface area contributed by atoms with Gasteiger partial charge in [0.2, 0.25) is 0 Å². The number of nitrogens with zero attached hydrogens (tertiary/aromatic N) is 1. The van der Waals surface area contributed by atoms with Crippen LogP contribution < -0.4 is 0 Å². The van der Waals surface area contributed by atoms with Crippen molar-refractivity contribution in [1.29, 1.82) is 5.26 Å². The molecule has 1 aromatic rings. The highest BCUT2D eigenvalue weighted by Crippen LogP contribution is 2.06. The molecule has 0 heterocycles. The highest BCUT2D eigenvalue weighted by molar-refractivity contribution is 5.92. The van der Waals surface area contributed by atoms with Crippen LogP contribution in [-0.2, 0) is 19.1 Å². The molecule has 148 valence electrons. The molecule has 0 radical (unpaired) electrons. The van der Waals surface area contributed by atoms with Crippen LogP contribution in [0.15, 0.2) is 72.4 Å². The van der Waals surface area contributed by atoms with Crippen molar-refractivity contribution >= 4 is 18.0 Å². The van der Waals surface area contributed by atoms with Gasteiger partial charge in [0.15, 0.2) is 0 Å². The first-order chi connectivity index (χ1) is 13.5. The highest BCUT2D eigenvalue weighted by atomic mass is 16.5. The van der Waals surface area contributed by atoms with Gasteiger partial charge in [-0.2, -0.15) is 5.26 Å². The van der Waals surface area contributed by atoms with Crippen LogP contribution in [0.3, 0.4) is 0 Å². The molecule has 5 heteroatoms. The number of benzene rings is 1. The fourth-order valence-corrected chi connectivity index (χ4v) is 1.71. The number of methoxy groups -OCH3 is 1. The Morgan fingerprint density at radius 3 is 2.39 bits per heavy atom. The summed E-state index contributed by atoms with van der Waals surface area (Å²) in [4.78, 5) is 22.1. The minimum absolute atomic E-state index is 0.347. The summed E-state index contributed by atoms with van der Waals surface area (Å²) in [7, 11) is 1.33. The molecule has 0 saturated carbocycles. The van der Waals surface area contributed by atoms with Crippen LogP contribution in [0.2, 0.25) is 0 Å². The number of carbonyl (C=O) groups excluding carboxylic acids is 2. The number of allylic oxidation sites excluding steroid dienone is 3. The maximum atomic E-state index is 11.9. The zero-order valence-electron chi connectivity index (χ0n) is 16.7. The lowest BCUT2D eigenvalue weighted by atomic mass is 10.2. The van der Waals surface area contributed by atoms with Crippen molar-refractivity contribution < 1.29 is 19.1 Å². The first kappa shape index (κ1) is 24.6. The van der Waals surface area contributed by atoms with Crippen molar-refractivity contribution in [2.45, 2.75) is 26.7 Å². The van der Waals surface area contributed by atoms with E-state index in [4.69, 9.17) is 10.00 Å². The first-order valence-electron chi connectivity index (χ1n) is 8.86. The monoisotopic (exact) mass is 381 g/mol. The van der Waals surface area contributed by atoms with Gasteiger partial charge in [-0.1, -0.05) is 62.4 Å². The number of carbonyl (C=O) groups is 2. The molecule has 0 amide bonds. The second kappa shape index (κ2) is 15.8. The molecule has 0 unspecified atom stereocenters. The fourth-order valence-electron chi connectivity index (χ4n) is 1.71. The van der Waals surface area contributed by atoms with Crippen molar-refractivity contribution in [2.75, 3.05) is 13.7 Å². The largest absolute Gasteiger partial charge is 0.466 e. The Kier molecular flexibility index (Phi) is 13.9. The number of hydrogen-bond acceptors (Lipinski definition) is 5. The molecular weight excluding hydrogens is 354 g/mol. The Morgan fingerprint density at radius 2 is 1.89 bits per heavy atom. The number of hydrogen-bond donors (Lipinski definition) is 0. The molecule has 28 heavy (non-hydrogen) atoms. The maximum absolute atomic E-state index is 11.9. The van der Waals surface area contributed by atoms with Crippen LogP contribution >= 0.6 is 0 Å². The zero-order chi connectivity index (χ0) is 21.2. The summed E-state index contributed by atoms with van der Waals surface area (Å²) in [5.41, 5.74) is 1.83. The molecular formula is C23H27NO4. The summed E-state index contributed by atoms with van der Waals surface area (Å²) in [5, 5.41) is 8.58. The lowest BCUT2D eigenvalue weighted by molar-refractivity contribution is -0.139. The molecule has 0 atom stereocenters. The Balaban J connectivity index is 0.000000887. The van der Waals surface area contributed by atoms with Crippen molar-refractivity contribution in [3.63, 3.8) is 0 Å². The Labute approximate surface area is 167 Å². The number of nitriles is 1. The van der Waals surface area contributed by atoms with Crippen molar-refractivity contribution in [3.05, 3.63) is 77.9 Å². The first-order valence-corrected chi connectivity index (χ1v) is 8.86. The average Bonchev–Trinajstić information content (AvgIpc) is 2.71. The third-order valence-electron chi connectivity index (χ3n) is 3.20. The minimum Gasteiger partial charge on any atom is -0.466 e. The van der Waals surface area contributed by atoms with E-state index >= 15 is 0 Å². The predicted molar refractivity (Wildman–Crippen MR) is 111 cm³/mol. The Bertz CT molecular complexity index is 753. The SMILES string of the molecule is C=C(C)C(=O)OC.CCCCOC(=O)C(C=CC#N)=CC=Cc1ccccc1. The molecule has 0 spiro atoms. The number of unbranched alkanes of at least 4 members (excludes halogenated alkanes) is 1. The normalized spacial score (nSPS) is 10.7. The smallest absolute Gasteiger partial charge is 0.338 e. The van der Waals surface area contributed by atoms with Gasteiger partial charge in [0, 0.05) is 11.6 Å². The van der Waals surface area contributed by atoms with E-state index in [1.54, 1.807) is 19.1 Å². The summed E-state index contributed by atoms with van der Waals surface area (Å²) in [6, 6.07) is 11.6. The molecule has 0 bridgehead atoms. The van der Waals surface area contributed by atoms with Gasteiger partial charge in [0.05, 0.1) is 25.4 Å².